The Morgan fingerprint density at radius 2 is 2.05 bits per heavy atom. The third-order valence-electron chi connectivity index (χ3n) is 3.32. The molecule has 1 saturated heterocycles. The van der Waals surface area contributed by atoms with Crippen LogP contribution in [0.25, 0.3) is 0 Å². The van der Waals surface area contributed by atoms with Gasteiger partial charge in [0, 0.05) is 19.9 Å². The molecule has 1 aliphatic heterocycles. The number of methoxy groups -OCH3 is 1. The molecule has 1 atom stereocenters. The van der Waals surface area contributed by atoms with Gasteiger partial charge in [-0.15, -0.1) is 0 Å². The van der Waals surface area contributed by atoms with E-state index in [-0.39, 0.29) is 18.0 Å². The molecule has 20 heavy (non-hydrogen) atoms. The van der Waals surface area contributed by atoms with Crippen LogP contribution in [0.4, 0.5) is 0 Å². The van der Waals surface area contributed by atoms with Crippen molar-refractivity contribution in [1.82, 2.24) is 4.90 Å². The van der Waals surface area contributed by atoms with Gasteiger partial charge in [-0.05, 0) is 24.1 Å². The largest absolute Gasteiger partial charge is 0.497 e. The molecular weight excluding hydrogens is 258 g/mol. The van der Waals surface area contributed by atoms with E-state index < -0.39 is 0 Å². The SMILES string of the molecule is COc1ccc(CN2CC(OC(C)=O)CCC2=O)cc1. The number of carbonyl (C=O) groups is 2. The number of benzene rings is 1. The van der Waals surface area contributed by atoms with Gasteiger partial charge in [0.1, 0.15) is 11.9 Å². The number of piperidine rings is 1. The number of amides is 1. The third-order valence-corrected chi connectivity index (χ3v) is 3.32. The molecular formula is C15H19NO4. The van der Waals surface area contributed by atoms with E-state index in [1.54, 1.807) is 12.0 Å². The number of rotatable bonds is 4. The monoisotopic (exact) mass is 277 g/mol. The first-order valence-corrected chi connectivity index (χ1v) is 6.66. The lowest BCUT2D eigenvalue weighted by Crippen LogP contribution is -2.43. The van der Waals surface area contributed by atoms with Gasteiger partial charge in [-0.1, -0.05) is 12.1 Å². The fourth-order valence-electron chi connectivity index (χ4n) is 2.32. The van der Waals surface area contributed by atoms with Gasteiger partial charge in [-0.3, -0.25) is 9.59 Å². The standard InChI is InChI=1S/C15H19NO4/c1-11(17)20-14-7-8-15(18)16(10-14)9-12-3-5-13(19-2)6-4-12/h3-6,14H,7-10H2,1-2H3. The number of hydrogen-bond donors (Lipinski definition) is 0. The molecule has 0 aromatic heterocycles. The normalized spacial score (nSPS) is 18.8. The second-order valence-electron chi connectivity index (χ2n) is 4.89. The first kappa shape index (κ1) is 14.4. The summed E-state index contributed by atoms with van der Waals surface area (Å²) >= 11 is 0. The maximum atomic E-state index is 11.9. The molecule has 5 nitrogen and oxygen atoms in total. The van der Waals surface area contributed by atoms with Crippen molar-refractivity contribution >= 4 is 11.9 Å². The Balaban J connectivity index is 1.98. The van der Waals surface area contributed by atoms with E-state index in [1.165, 1.54) is 6.92 Å². The summed E-state index contributed by atoms with van der Waals surface area (Å²) in [4.78, 5) is 24.6. The summed E-state index contributed by atoms with van der Waals surface area (Å²) < 4.78 is 10.3. The van der Waals surface area contributed by atoms with Crippen molar-refractivity contribution in [2.45, 2.75) is 32.4 Å². The van der Waals surface area contributed by atoms with Crippen LogP contribution in [-0.4, -0.2) is 36.5 Å². The Morgan fingerprint density at radius 3 is 2.65 bits per heavy atom. The highest BCUT2D eigenvalue weighted by Gasteiger charge is 2.27. The Hall–Kier alpha value is -2.04. The van der Waals surface area contributed by atoms with Gasteiger partial charge in [-0.25, -0.2) is 0 Å². The molecule has 0 spiro atoms. The fraction of sp³-hybridized carbons (Fsp3) is 0.467. The van der Waals surface area contributed by atoms with Crippen LogP contribution in [0.15, 0.2) is 24.3 Å². The summed E-state index contributed by atoms with van der Waals surface area (Å²) in [6.07, 6.45) is 0.842. The van der Waals surface area contributed by atoms with Crippen LogP contribution in [-0.2, 0) is 20.9 Å². The van der Waals surface area contributed by atoms with E-state index in [1.807, 2.05) is 24.3 Å². The first-order valence-electron chi connectivity index (χ1n) is 6.66. The van der Waals surface area contributed by atoms with Crippen LogP contribution >= 0.6 is 0 Å². The molecule has 0 aliphatic carbocycles. The lowest BCUT2D eigenvalue weighted by atomic mass is 10.1. The molecule has 1 amide bonds. The summed E-state index contributed by atoms with van der Waals surface area (Å²) in [7, 11) is 1.62. The zero-order valence-corrected chi connectivity index (χ0v) is 11.8. The maximum Gasteiger partial charge on any atom is 0.302 e. The topological polar surface area (TPSA) is 55.8 Å². The van der Waals surface area contributed by atoms with Crippen molar-refractivity contribution in [2.24, 2.45) is 0 Å². The molecule has 0 N–H and O–H groups in total. The van der Waals surface area contributed by atoms with Crippen LogP contribution in [0.1, 0.15) is 25.3 Å². The van der Waals surface area contributed by atoms with E-state index in [0.29, 0.717) is 25.9 Å². The van der Waals surface area contributed by atoms with Crippen molar-refractivity contribution in [2.75, 3.05) is 13.7 Å². The summed E-state index contributed by atoms with van der Waals surface area (Å²) in [5, 5.41) is 0. The number of nitrogens with zero attached hydrogens (tertiary/aromatic N) is 1. The van der Waals surface area contributed by atoms with E-state index in [4.69, 9.17) is 9.47 Å². The van der Waals surface area contributed by atoms with Gasteiger partial charge in [-0.2, -0.15) is 0 Å². The minimum absolute atomic E-state index is 0.101. The smallest absolute Gasteiger partial charge is 0.302 e. The van der Waals surface area contributed by atoms with Crippen molar-refractivity contribution in [1.29, 1.82) is 0 Å². The predicted molar refractivity (Wildman–Crippen MR) is 73.2 cm³/mol. The summed E-state index contributed by atoms with van der Waals surface area (Å²) in [5.41, 5.74) is 1.03. The molecule has 0 bridgehead atoms. The van der Waals surface area contributed by atoms with Gasteiger partial charge in [0.2, 0.25) is 5.91 Å². The minimum atomic E-state index is -0.297. The average Bonchev–Trinajstić information content (AvgIpc) is 2.43. The number of hydrogen-bond acceptors (Lipinski definition) is 4. The molecule has 0 saturated carbocycles. The molecule has 0 radical (unpaired) electrons. The van der Waals surface area contributed by atoms with Crippen LogP contribution in [0.5, 0.6) is 5.75 Å². The number of likely N-dealkylation sites (tertiary alicyclic amines) is 1. The highest BCUT2D eigenvalue weighted by atomic mass is 16.5. The molecule has 1 heterocycles. The number of carbonyl (C=O) groups excluding carboxylic acids is 2. The van der Waals surface area contributed by atoms with Crippen molar-refractivity contribution < 1.29 is 19.1 Å². The molecule has 1 fully saturated rings. The molecule has 2 rings (SSSR count). The van der Waals surface area contributed by atoms with Gasteiger partial charge < -0.3 is 14.4 Å². The van der Waals surface area contributed by atoms with Crippen LogP contribution < -0.4 is 4.74 Å². The molecule has 108 valence electrons. The zero-order chi connectivity index (χ0) is 14.5. The van der Waals surface area contributed by atoms with Crippen molar-refractivity contribution in [3.05, 3.63) is 29.8 Å². The van der Waals surface area contributed by atoms with Crippen LogP contribution in [0, 0.1) is 0 Å². The first-order chi connectivity index (χ1) is 9.58. The third kappa shape index (κ3) is 3.73. The molecule has 1 unspecified atom stereocenters. The maximum absolute atomic E-state index is 11.9. The van der Waals surface area contributed by atoms with Crippen LogP contribution in [0.3, 0.4) is 0 Å². The second-order valence-corrected chi connectivity index (χ2v) is 4.89. The zero-order valence-electron chi connectivity index (χ0n) is 11.8. The van der Waals surface area contributed by atoms with Gasteiger partial charge in [0.05, 0.1) is 13.7 Å². The Bertz CT molecular complexity index is 483. The van der Waals surface area contributed by atoms with E-state index >= 15 is 0 Å². The highest BCUT2D eigenvalue weighted by Crippen LogP contribution is 2.19. The molecule has 1 aromatic carbocycles. The van der Waals surface area contributed by atoms with Crippen LogP contribution in [0.2, 0.25) is 0 Å². The lowest BCUT2D eigenvalue weighted by molar-refractivity contribution is -0.154. The number of esters is 1. The van der Waals surface area contributed by atoms with E-state index in [9.17, 15) is 9.59 Å². The summed E-state index contributed by atoms with van der Waals surface area (Å²) in [5.74, 6) is 0.592. The van der Waals surface area contributed by atoms with Gasteiger partial charge in [0.25, 0.3) is 0 Å². The fourth-order valence-corrected chi connectivity index (χ4v) is 2.32. The van der Waals surface area contributed by atoms with E-state index in [2.05, 4.69) is 0 Å². The average molecular weight is 277 g/mol. The second kappa shape index (κ2) is 6.41. The highest BCUT2D eigenvalue weighted by molar-refractivity contribution is 5.77. The Morgan fingerprint density at radius 1 is 1.35 bits per heavy atom. The summed E-state index contributed by atoms with van der Waals surface area (Å²) in [6, 6.07) is 7.60. The number of ether oxygens (including phenoxy) is 2. The molecule has 1 aliphatic rings. The van der Waals surface area contributed by atoms with E-state index in [0.717, 1.165) is 11.3 Å². The van der Waals surface area contributed by atoms with Crippen molar-refractivity contribution in [3.8, 4) is 5.75 Å². The molecule has 5 heteroatoms. The summed E-state index contributed by atoms with van der Waals surface area (Å²) in [6.45, 7) is 2.38. The van der Waals surface area contributed by atoms with Gasteiger partial charge in [0.15, 0.2) is 0 Å². The molecule has 1 aromatic rings. The Labute approximate surface area is 118 Å². The minimum Gasteiger partial charge on any atom is -0.497 e. The quantitative estimate of drug-likeness (QED) is 0.787. The van der Waals surface area contributed by atoms with Gasteiger partial charge >= 0.3 is 5.97 Å². The van der Waals surface area contributed by atoms with Crippen molar-refractivity contribution in [3.63, 3.8) is 0 Å². The Kier molecular flexibility index (Phi) is 4.61. The predicted octanol–water partition coefficient (Wildman–Crippen LogP) is 1.75. The lowest BCUT2D eigenvalue weighted by Gasteiger charge is -2.32.